The molecule has 0 atom stereocenters. The number of nitrogens with two attached hydrogens (primary N) is 7. The van der Waals surface area contributed by atoms with Crippen molar-refractivity contribution in [3.63, 3.8) is 0 Å². The molecular weight excluding hydrogens is 1970 g/mol. The van der Waals surface area contributed by atoms with E-state index in [0.717, 1.165) is 60.7 Å². The Labute approximate surface area is 718 Å². The fourth-order valence-corrected chi connectivity index (χ4v) is 10.8. The summed E-state index contributed by atoms with van der Waals surface area (Å²) < 4.78 is 93.4. The zero-order chi connectivity index (χ0) is 71.6. The third kappa shape index (κ3) is 34.4. The number of carbonyl (C=O) groups excluding carboxylic acids is 2. The molecule has 3 heterocycles. The summed E-state index contributed by atoms with van der Waals surface area (Å²) >= 11 is 58.4. The number of carboxylic acid groups (broad SMARTS) is 2. The average Bonchev–Trinajstić information content (AvgIpc) is 1.60. The number of benzene rings is 6. The molecule has 584 valence electrons. The van der Waals surface area contributed by atoms with Crippen molar-refractivity contribution in [2.45, 2.75) is 101 Å². The quantitative estimate of drug-likeness (QED) is 0.0149. The number of carbonyl (C=O) groups is 4. The van der Waals surface area contributed by atoms with E-state index < -0.39 is 58.4 Å². The molecule has 21 nitrogen and oxygen atoms in total. The first kappa shape index (κ1) is 121. The summed E-state index contributed by atoms with van der Waals surface area (Å²) in [6, 6.07) is 9.46. The molecule has 6 aromatic carbocycles. The Bertz CT molecular complexity index is 3890. The second-order valence-corrected chi connectivity index (χ2v) is 27.5. The standard InChI is InChI=1S/C9H18N2O2.C7HBrCl2FNS.C7H5BrClFN2O.C7H3BrClFN2S.C7H5BrClFN2S.C7H4BrClFNO2.C7H5BrFNO2.10CH4.HNO2.Na/c1-9(2,3)13-8(12)11-6-4-10-5-7-11;8-4-3(9)1-2-6(5(4)11)12-13-7(2)10;8-4-3(9)1-2(7(12)13)6(11)5(4)10;8-4-3(9)1-2-6(5(4)10)12-13-7(2)11;2*8-4-3(9)1-2(7(12)13)6(11)5(4)10;8-4-2-1-3(7(11)12)6(10)5(4)9;;;;;;;;;;;2-1-3;/h10H,4-7H2,1-3H3;1H;1H,11H2,(H2,12,13);1H,11H2;1H,11H2,(H2,12,13);1H,11H2,(H,12,13);1-2H,10H2,(H,11,12);10*1H4;(H,2,3);/q;;;;;;;;;;;;;;;;;;+1/p-1. The predicted octanol–water partition coefficient (Wildman–Crippen LogP) is 21.2. The number of anilines is 5. The molecule has 1 aliphatic heterocycles. The van der Waals surface area contributed by atoms with Crippen LogP contribution in [-0.4, -0.2) is 84.6 Å². The van der Waals surface area contributed by atoms with Gasteiger partial charge in [0.25, 0.3) is 5.91 Å². The fourth-order valence-electron chi connectivity index (χ4n) is 6.30. The third-order valence-electron chi connectivity index (χ3n) is 10.7. The minimum Gasteiger partial charge on any atom is -0.478 e. The summed E-state index contributed by atoms with van der Waals surface area (Å²) in [5, 5.41) is 31.7. The second kappa shape index (κ2) is 55.6. The van der Waals surface area contributed by atoms with Crippen LogP contribution in [0.4, 0.5) is 58.9 Å². The van der Waals surface area contributed by atoms with Crippen LogP contribution >= 0.6 is 200 Å². The van der Waals surface area contributed by atoms with E-state index in [4.69, 9.17) is 135 Å². The first-order valence-electron chi connectivity index (χ1n) is 24.0. The van der Waals surface area contributed by atoms with E-state index in [9.17, 15) is 45.5 Å². The van der Waals surface area contributed by atoms with E-state index in [1.165, 1.54) is 24.3 Å². The van der Waals surface area contributed by atoms with Gasteiger partial charge in [0, 0.05) is 42.5 Å². The molecule has 8 aromatic rings. The summed E-state index contributed by atoms with van der Waals surface area (Å²) in [5.74, 6) is -7.31. The molecule has 17 N–H and O–H groups in total. The van der Waals surface area contributed by atoms with E-state index in [1.807, 2.05) is 20.8 Å². The summed E-state index contributed by atoms with van der Waals surface area (Å²) in [7, 11) is 0. The van der Waals surface area contributed by atoms with Gasteiger partial charge in [-0.25, -0.2) is 40.7 Å². The van der Waals surface area contributed by atoms with Crippen LogP contribution in [0.1, 0.15) is 132 Å². The normalized spacial score (nSPS) is 10.1. The Balaban J connectivity index is -0.000000121. The molecule has 0 aliphatic carbocycles. The number of aromatic nitrogens is 2. The van der Waals surface area contributed by atoms with Gasteiger partial charge < -0.3 is 75.4 Å². The summed E-state index contributed by atoms with van der Waals surface area (Å²) in [6.45, 7) is 8.86. The van der Waals surface area contributed by atoms with Gasteiger partial charge in [-0.05, 0) is 182 Å². The largest absolute Gasteiger partial charge is 1.00 e. The number of nitrogens with one attached hydrogen (secondary N) is 1. The Morgan fingerprint density at radius 3 is 1.25 bits per heavy atom. The average molecular weight is 2050 g/mol. The molecule has 1 aliphatic rings. The molecule has 2 aromatic heterocycles. The predicted molar refractivity (Wildman–Crippen MR) is 449 cm³/mol. The second-order valence-electron chi connectivity index (χ2n) is 18.1. The first-order valence-corrected chi connectivity index (χ1v) is 33.0. The van der Waals surface area contributed by atoms with Crippen LogP contribution in [0.5, 0.6) is 0 Å². The number of amides is 2. The fraction of sp³-hybridized carbons (Fsp3) is 0.295. The summed E-state index contributed by atoms with van der Waals surface area (Å²) in [4.78, 5) is 52.9. The van der Waals surface area contributed by atoms with E-state index in [-0.39, 0.29) is 213 Å². The van der Waals surface area contributed by atoms with Crippen molar-refractivity contribution in [3.8, 4) is 0 Å². The molecule has 9 rings (SSSR count). The number of rotatable bonds is 4. The van der Waals surface area contributed by atoms with Gasteiger partial charge in [0.2, 0.25) is 0 Å². The van der Waals surface area contributed by atoms with E-state index in [0.29, 0.717) is 30.2 Å². The number of hydrogen-bond acceptors (Lipinski definition) is 19. The molecule has 0 radical (unpaired) electrons. The van der Waals surface area contributed by atoms with E-state index in [2.05, 4.69) is 122 Å². The summed E-state index contributed by atoms with van der Waals surface area (Å²) in [6.07, 6.45) is -0.200. The van der Waals surface area contributed by atoms with Gasteiger partial charge in [-0.1, -0.05) is 156 Å². The smallest absolute Gasteiger partial charge is 0.478 e. The molecule has 0 spiro atoms. The molecule has 0 saturated carbocycles. The minimum atomic E-state index is -1.31. The minimum absolute atomic E-state index is 0. The van der Waals surface area contributed by atoms with Crippen LogP contribution in [0.15, 0.2) is 74.6 Å². The molecule has 1 saturated heterocycles. The van der Waals surface area contributed by atoms with Gasteiger partial charge in [-0.3, -0.25) is 4.79 Å². The van der Waals surface area contributed by atoms with Gasteiger partial charge >= 0.3 is 47.6 Å². The van der Waals surface area contributed by atoms with Gasteiger partial charge in [0.15, 0.2) is 34.9 Å². The molecular formula is C61H81Br6Cl6F6N12NaO9S3. The van der Waals surface area contributed by atoms with Gasteiger partial charge in [0.05, 0.1) is 91.4 Å². The van der Waals surface area contributed by atoms with Gasteiger partial charge in [-0.2, -0.15) is 8.75 Å². The van der Waals surface area contributed by atoms with Gasteiger partial charge in [-0.15, -0.1) is 5.34 Å². The first-order chi connectivity index (χ1) is 43.0. The Hall–Kier alpha value is -3.77. The van der Waals surface area contributed by atoms with Crippen molar-refractivity contribution in [2.24, 2.45) is 16.8 Å². The molecule has 43 heteroatoms. The number of primary amides is 1. The monoisotopic (exact) mass is 2040 g/mol. The van der Waals surface area contributed by atoms with Crippen LogP contribution in [0.2, 0.25) is 29.4 Å². The number of ether oxygens (including phenoxy) is 1. The number of nitrogen functional groups attached to an aromatic ring is 5. The topological polar surface area (TPSA) is 394 Å². The molecule has 1 fully saturated rings. The number of thiocarbonyl (C=S) groups is 1. The maximum atomic E-state index is 13.4. The zero-order valence-electron chi connectivity index (χ0n) is 47.5. The van der Waals surface area contributed by atoms with Crippen molar-refractivity contribution in [2.75, 3.05) is 54.8 Å². The van der Waals surface area contributed by atoms with Crippen LogP contribution in [0.25, 0.3) is 21.8 Å². The molecule has 104 heavy (non-hydrogen) atoms. The Morgan fingerprint density at radius 2 is 0.875 bits per heavy atom. The van der Waals surface area contributed by atoms with Crippen molar-refractivity contribution in [1.29, 1.82) is 0 Å². The number of hydrogen-bond donors (Lipinski definition) is 10. The Morgan fingerprint density at radius 1 is 0.558 bits per heavy atom. The van der Waals surface area contributed by atoms with Crippen molar-refractivity contribution in [1.82, 2.24) is 19.0 Å². The maximum Gasteiger partial charge on any atom is 1.00 e. The number of piperazine rings is 1. The van der Waals surface area contributed by atoms with Crippen LogP contribution in [-0.2, 0) is 4.74 Å². The van der Waals surface area contributed by atoms with Crippen LogP contribution < -0.4 is 75.0 Å². The number of halogens is 18. The third-order valence-corrected chi connectivity index (χ3v) is 19.8. The van der Waals surface area contributed by atoms with Crippen molar-refractivity contribution < 1.29 is 90.0 Å². The van der Waals surface area contributed by atoms with Crippen LogP contribution in [0, 0.1) is 45.0 Å². The van der Waals surface area contributed by atoms with E-state index >= 15 is 0 Å². The molecule has 0 bridgehead atoms. The number of fused-ring (bicyclic) bond motifs is 2. The molecule has 2 amide bonds. The van der Waals surface area contributed by atoms with Gasteiger partial charge in [0.1, 0.15) is 31.0 Å². The SMILES string of the molecule is C.C.C.C.C.C.C.C.C.C.CC(C)(C)OC(=O)N1CCNCC1.Fc1c(Br)c(Cl)cc2c(Cl)snc12.NC(=O)c1cc(Cl)c(Br)c(F)c1N.NC(=S)c1cc(Cl)c(Br)c(F)c1N.Nc1c(C(=O)O)cc(Cl)c(Br)c1F.Nc1c(C(=O)O)ccc(Br)c1F.Nc1snc2c(F)c(Br)c(Cl)cc12.O=N[O-].[Na+]. The zero-order valence-corrected chi connectivity index (χ0v) is 66.0. The maximum absolute atomic E-state index is 13.4. The number of aromatic carboxylic acids is 2. The molecule has 0 unspecified atom stereocenters. The number of nitrogens with zero attached hydrogens (tertiary/aromatic N) is 4. The van der Waals surface area contributed by atoms with Crippen molar-refractivity contribution in [3.05, 3.63) is 166 Å². The Kier molecular flexibility index (Phi) is 64.8. The summed E-state index contributed by atoms with van der Waals surface area (Å²) in [5.41, 5.74) is 35.5. The van der Waals surface area contributed by atoms with Crippen LogP contribution in [0.3, 0.4) is 0 Å². The number of carboxylic acids is 2. The van der Waals surface area contributed by atoms with Crippen molar-refractivity contribution >= 4 is 279 Å². The van der Waals surface area contributed by atoms with E-state index in [1.54, 1.807) is 17.0 Å².